The van der Waals surface area contributed by atoms with E-state index >= 15 is 0 Å². The van der Waals surface area contributed by atoms with Gasteiger partial charge in [-0.1, -0.05) is 36.4 Å². The van der Waals surface area contributed by atoms with E-state index in [2.05, 4.69) is 5.32 Å². The third-order valence-corrected chi connectivity index (χ3v) is 6.50. The minimum Gasteiger partial charge on any atom is -0.497 e. The molecule has 0 saturated carbocycles. The number of hydrogen-bond donors (Lipinski definition) is 3. The van der Waals surface area contributed by atoms with Crippen molar-refractivity contribution >= 4 is 35.7 Å². The number of benzene rings is 3. The molecule has 0 saturated heterocycles. The fourth-order valence-corrected chi connectivity index (χ4v) is 4.60. The van der Waals surface area contributed by atoms with Gasteiger partial charge < -0.3 is 29.6 Å². The van der Waals surface area contributed by atoms with E-state index in [-0.39, 0.29) is 17.8 Å². The first-order chi connectivity index (χ1) is 17.9. The molecule has 0 atom stereocenters. The highest BCUT2D eigenvalue weighted by Crippen LogP contribution is 2.45. The minimum atomic E-state index is -1.74. The lowest BCUT2D eigenvalue weighted by atomic mass is 9.78. The van der Waals surface area contributed by atoms with Gasteiger partial charge in [-0.25, -0.2) is 0 Å². The molecule has 0 heterocycles. The Balaban J connectivity index is 1.72. The quantitative estimate of drug-likeness (QED) is 0.391. The molecule has 0 aromatic heterocycles. The molecule has 7 nitrogen and oxygen atoms in total. The van der Waals surface area contributed by atoms with E-state index < -0.39 is 7.12 Å². The van der Waals surface area contributed by atoms with E-state index in [4.69, 9.17) is 14.2 Å². The van der Waals surface area contributed by atoms with Gasteiger partial charge in [-0.15, -0.1) is 0 Å². The molecule has 4 rings (SSSR count). The van der Waals surface area contributed by atoms with Crippen LogP contribution in [0.5, 0.6) is 17.2 Å². The molecule has 0 unspecified atom stereocenters. The highest BCUT2D eigenvalue weighted by atomic mass is 16.5. The number of ether oxygens (including phenoxy) is 3. The van der Waals surface area contributed by atoms with Gasteiger partial charge in [0.2, 0.25) is 5.91 Å². The number of carbonyl (C=O) groups excluding carboxylic acids is 1. The summed E-state index contributed by atoms with van der Waals surface area (Å²) in [6.45, 7) is 2.46. The van der Waals surface area contributed by atoms with E-state index in [1.807, 2.05) is 61.5 Å². The zero-order valence-electron chi connectivity index (χ0n) is 21.4. The molecule has 0 fully saturated rings. The van der Waals surface area contributed by atoms with Crippen LogP contribution in [0.25, 0.3) is 17.2 Å². The molecule has 0 bridgehead atoms. The summed E-state index contributed by atoms with van der Waals surface area (Å²) in [7, 11) is 2.80. The molecule has 1 amide bonds. The van der Waals surface area contributed by atoms with Crippen LogP contribution in [0.2, 0.25) is 0 Å². The summed E-state index contributed by atoms with van der Waals surface area (Å²) in [5.41, 5.74) is 6.72. The fraction of sp³-hybridized carbons (Fsp3) is 0.207. The SMILES string of the molecule is COc1ccc2c(c1)C(CC(=O)NCc1ccccc1)=C(C)C2=Cc1cc(OC)c(B(O)O)c(OC)c1. The van der Waals surface area contributed by atoms with Crippen LogP contribution in [0.1, 0.15) is 35.6 Å². The summed E-state index contributed by atoms with van der Waals surface area (Å²) in [6, 6.07) is 19.1. The van der Waals surface area contributed by atoms with Crippen LogP contribution in [-0.2, 0) is 11.3 Å². The second-order valence-corrected chi connectivity index (χ2v) is 8.72. The highest BCUT2D eigenvalue weighted by molar-refractivity contribution is 6.61. The van der Waals surface area contributed by atoms with Gasteiger partial charge in [0.05, 0.1) is 33.2 Å². The van der Waals surface area contributed by atoms with Crippen LogP contribution >= 0.6 is 0 Å². The van der Waals surface area contributed by atoms with Gasteiger partial charge in [-0.2, -0.15) is 0 Å². The summed E-state index contributed by atoms with van der Waals surface area (Å²) in [5.74, 6) is 1.24. The van der Waals surface area contributed by atoms with Gasteiger partial charge in [0.25, 0.3) is 0 Å². The van der Waals surface area contributed by atoms with Gasteiger partial charge in [-0.05, 0) is 76.2 Å². The topological polar surface area (TPSA) is 97.3 Å². The number of methoxy groups -OCH3 is 3. The molecule has 1 aliphatic rings. The molecule has 8 heteroatoms. The van der Waals surface area contributed by atoms with Crippen molar-refractivity contribution in [1.82, 2.24) is 5.32 Å². The molecule has 3 N–H and O–H groups in total. The standard InChI is InChI=1S/C29H30BNO6/c1-18-23(12-20-13-26(36-3)29(30(33)34)27(14-20)37-4)22-11-10-21(35-2)15-25(22)24(18)16-28(32)31-17-19-8-6-5-7-9-19/h5-15,33-34H,16-17H2,1-4H3,(H,31,32). The van der Waals surface area contributed by atoms with Crippen molar-refractivity contribution in [2.45, 2.75) is 19.9 Å². The van der Waals surface area contributed by atoms with E-state index in [0.29, 0.717) is 23.8 Å². The van der Waals surface area contributed by atoms with Crippen molar-refractivity contribution in [3.63, 3.8) is 0 Å². The Kier molecular flexibility index (Phi) is 8.01. The maximum Gasteiger partial charge on any atom is 0.496 e. The van der Waals surface area contributed by atoms with E-state index in [1.54, 1.807) is 19.2 Å². The van der Waals surface area contributed by atoms with Gasteiger partial charge in [0.1, 0.15) is 17.2 Å². The first-order valence-corrected chi connectivity index (χ1v) is 11.9. The van der Waals surface area contributed by atoms with Crippen LogP contribution in [0.3, 0.4) is 0 Å². The van der Waals surface area contributed by atoms with Crippen molar-refractivity contribution in [3.05, 3.63) is 88.5 Å². The van der Waals surface area contributed by atoms with E-state index in [0.717, 1.165) is 39.0 Å². The summed E-state index contributed by atoms with van der Waals surface area (Å²) in [5, 5.41) is 22.6. The third kappa shape index (κ3) is 5.55. The lowest BCUT2D eigenvalue weighted by Gasteiger charge is -2.14. The zero-order chi connectivity index (χ0) is 26.5. The number of fused-ring (bicyclic) bond motifs is 1. The first-order valence-electron chi connectivity index (χ1n) is 11.9. The Labute approximate surface area is 217 Å². The molecular formula is C29H30BNO6. The predicted octanol–water partition coefficient (Wildman–Crippen LogP) is 3.43. The summed E-state index contributed by atoms with van der Waals surface area (Å²) >= 11 is 0. The molecule has 0 aliphatic heterocycles. The summed E-state index contributed by atoms with van der Waals surface area (Å²) in [6.07, 6.45) is 2.20. The predicted molar refractivity (Wildman–Crippen MR) is 146 cm³/mol. The molecule has 37 heavy (non-hydrogen) atoms. The smallest absolute Gasteiger partial charge is 0.496 e. The van der Waals surface area contributed by atoms with Gasteiger partial charge >= 0.3 is 7.12 Å². The number of allylic oxidation sites excluding steroid dienone is 2. The van der Waals surface area contributed by atoms with Crippen molar-refractivity contribution in [2.24, 2.45) is 0 Å². The van der Waals surface area contributed by atoms with E-state index in [1.165, 1.54) is 14.2 Å². The fourth-order valence-electron chi connectivity index (χ4n) is 4.60. The van der Waals surface area contributed by atoms with Crippen LogP contribution < -0.4 is 25.0 Å². The number of amides is 1. The van der Waals surface area contributed by atoms with Gasteiger partial charge in [0.15, 0.2) is 0 Å². The van der Waals surface area contributed by atoms with Crippen molar-refractivity contribution < 1.29 is 29.1 Å². The Hall–Kier alpha value is -4.01. The average Bonchev–Trinajstić information content (AvgIpc) is 3.16. The van der Waals surface area contributed by atoms with Crippen molar-refractivity contribution in [1.29, 1.82) is 0 Å². The van der Waals surface area contributed by atoms with E-state index in [9.17, 15) is 14.8 Å². The highest BCUT2D eigenvalue weighted by Gasteiger charge is 2.27. The first kappa shape index (κ1) is 26.1. The zero-order valence-corrected chi connectivity index (χ0v) is 21.4. The Morgan fingerprint density at radius 1 is 0.919 bits per heavy atom. The van der Waals surface area contributed by atoms with Crippen LogP contribution in [0, 0.1) is 0 Å². The van der Waals surface area contributed by atoms with Crippen LogP contribution in [-0.4, -0.2) is 44.4 Å². The second-order valence-electron chi connectivity index (χ2n) is 8.72. The van der Waals surface area contributed by atoms with Gasteiger partial charge in [0, 0.05) is 6.54 Å². The van der Waals surface area contributed by atoms with Crippen LogP contribution in [0.15, 0.2) is 66.2 Å². The van der Waals surface area contributed by atoms with Gasteiger partial charge in [-0.3, -0.25) is 4.79 Å². The third-order valence-electron chi connectivity index (χ3n) is 6.50. The largest absolute Gasteiger partial charge is 0.497 e. The Morgan fingerprint density at radius 3 is 2.19 bits per heavy atom. The normalized spacial score (nSPS) is 13.4. The summed E-state index contributed by atoms with van der Waals surface area (Å²) in [4.78, 5) is 12.9. The molecule has 0 radical (unpaired) electrons. The lowest BCUT2D eigenvalue weighted by Crippen LogP contribution is -2.32. The Morgan fingerprint density at radius 2 is 1.59 bits per heavy atom. The van der Waals surface area contributed by atoms with Crippen molar-refractivity contribution in [2.75, 3.05) is 21.3 Å². The molecular weight excluding hydrogens is 469 g/mol. The molecule has 190 valence electrons. The van der Waals surface area contributed by atoms with Crippen molar-refractivity contribution in [3.8, 4) is 17.2 Å². The second kappa shape index (κ2) is 11.4. The number of carbonyl (C=O) groups is 1. The average molecular weight is 499 g/mol. The number of rotatable bonds is 9. The minimum absolute atomic E-state index is 0.0714. The Bertz CT molecular complexity index is 1340. The molecule has 3 aromatic rings. The molecule has 1 aliphatic carbocycles. The summed E-state index contributed by atoms with van der Waals surface area (Å²) < 4.78 is 16.3. The maximum absolute atomic E-state index is 12.9. The maximum atomic E-state index is 12.9. The number of nitrogens with one attached hydrogen (secondary N) is 1. The molecule has 3 aromatic carbocycles. The molecule has 0 spiro atoms. The number of hydrogen-bond acceptors (Lipinski definition) is 6. The van der Waals surface area contributed by atoms with Crippen LogP contribution in [0.4, 0.5) is 0 Å². The lowest BCUT2D eigenvalue weighted by molar-refractivity contribution is -0.120. The monoisotopic (exact) mass is 499 g/mol.